The second-order valence-electron chi connectivity index (χ2n) is 6.69. The van der Waals surface area contributed by atoms with Crippen molar-refractivity contribution < 1.29 is 17.6 Å². The first-order chi connectivity index (χ1) is 13.9. The van der Waals surface area contributed by atoms with E-state index in [1.165, 1.54) is 24.5 Å². The SMILES string of the molecule is O=C(NC1CCSc2ccc(Cl)cc21)c1occc1CS(=O)(=O)c1ccccc1. The molecule has 1 aliphatic rings. The molecule has 1 aliphatic heterocycles. The predicted molar refractivity (Wildman–Crippen MR) is 113 cm³/mol. The Morgan fingerprint density at radius 1 is 1.17 bits per heavy atom. The number of halogens is 1. The third kappa shape index (κ3) is 4.37. The summed E-state index contributed by atoms with van der Waals surface area (Å²) in [5.41, 5.74) is 1.30. The number of benzene rings is 2. The Labute approximate surface area is 178 Å². The highest BCUT2D eigenvalue weighted by atomic mass is 35.5. The summed E-state index contributed by atoms with van der Waals surface area (Å²) in [6.45, 7) is 0. The van der Waals surface area contributed by atoms with E-state index in [9.17, 15) is 13.2 Å². The maximum Gasteiger partial charge on any atom is 0.287 e. The van der Waals surface area contributed by atoms with E-state index in [-0.39, 0.29) is 22.5 Å². The molecule has 1 amide bonds. The van der Waals surface area contributed by atoms with Crippen LogP contribution in [0.2, 0.25) is 5.02 Å². The molecule has 0 saturated heterocycles. The van der Waals surface area contributed by atoms with Gasteiger partial charge in [-0.2, -0.15) is 0 Å². The van der Waals surface area contributed by atoms with Gasteiger partial charge in [0.05, 0.1) is 23.0 Å². The molecular formula is C21H18ClNO4S2. The zero-order valence-electron chi connectivity index (χ0n) is 15.3. The fourth-order valence-corrected chi connectivity index (χ4v) is 5.96. The number of furan rings is 1. The molecule has 0 spiro atoms. The smallest absolute Gasteiger partial charge is 0.287 e. The zero-order chi connectivity index (χ0) is 20.4. The molecule has 0 radical (unpaired) electrons. The van der Waals surface area contributed by atoms with Gasteiger partial charge in [-0.25, -0.2) is 8.42 Å². The highest BCUT2D eigenvalue weighted by Crippen LogP contribution is 2.37. The van der Waals surface area contributed by atoms with Crippen LogP contribution in [0.15, 0.2) is 75.1 Å². The number of thioether (sulfide) groups is 1. The number of sulfone groups is 1. The molecule has 150 valence electrons. The van der Waals surface area contributed by atoms with Crippen LogP contribution in [0.3, 0.4) is 0 Å². The summed E-state index contributed by atoms with van der Waals surface area (Å²) >= 11 is 7.85. The highest BCUT2D eigenvalue weighted by Gasteiger charge is 2.27. The van der Waals surface area contributed by atoms with Crippen LogP contribution in [-0.4, -0.2) is 20.1 Å². The molecule has 0 bridgehead atoms. The van der Waals surface area contributed by atoms with E-state index >= 15 is 0 Å². The number of nitrogens with one attached hydrogen (secondary N) is 1. The summed E-state index contributed by atoms with van der Waals surface area (Å²) in [6, 6.07) is 15.1. The summed E-state index contributed by atoms with van der Waals surface area (Å²) in [5.74, 6) is 0.147. The molecule has 3 aromatic rings. The van der Waals surface area contributed by atoms with Gasteiger partial charge in [0, 0.05) is 21.2 Å². The Kier molecular flexibility index (Phi) is 5.72. The van der Waals surface area contributed by atoms with Crippen LogP contribution in [0.1, 0.15) is 34.1 Å². The topological polar surface area (TPSA) is 76.4 Å². The quantitative estimate of drug-likeness (QED) is 0.603. The average molecular weight is 448 g/mol. The van der Waals surface area contributed by atoms with Gasteiger partial charge in [-0.15, -0.1) is 11.8 Å². The number of carbonyl (C=O) groups is 1. The van der Waals surface area contributed by atoms with Crippen molar-refractivity contribution in [2.75, 3.05) is 5.75 Å². The van der Waals surface area contributed by atoms with Crippen molar-refractivity contribution in [1.29, 1.82) is 0 Å². The molecule has 2 heterocycles. The second-order valence-corrected chi connectivity index (χ2v) is 10.3. The highest BCUT2D eigenvalue weighted by molar-refractivity contribution is 7.99. The van der Waals surface area contributed by atoms with Crippen molar-refractivity contribution in [1.82, 2.24) is 5.32 Å². The van der Waals surface area contributed by atoms with Gasteiger partial charge in [-0.05, 0) is 48.4 Å². The lowest BCUT2D eigenvalue weighted by molar-refractivity contribution is 0.0906. The molecule has 29 heavy (non-hydrogen) atoms. The first kappa shape index (κ1) is 20.1. The van der Waals surface area contributed by atoms with Crippen LogP contribution in [0.4, 0.5) is 0 Å². The maximum atomic E-state index is 12.9. The van der Waals surface area contributed by atoms with Crippen molar-refractivity contribution in [2.24, 2.45) is 0 Å². The van der Waals surface area contributed by atoms with Crippen LogP contribution in [0.5, 0.6) is 0 Å². The zero-order valence-corrected chi connectivity index (χ0v) is 17.7. The van der Waals surface area contributed by atoms with Gasteiger partial charge >= 0.3 is 0 Å². The first-order valence-corrected chi connectivity index (χ1v) is 12.0. The molecule has 0 aliphatic carbocycles. The molecule has 4 rings (SSSR count). The van der Waals surface area contributed by atoms with E-state index in [0.717, 1.165) is 22.6 Å². The van der Waals surface area contributed by atoms with Gasteiger partial charge in [-0.3, -0.25) is 4.79 Å². The van der Waals surface area contributed by atoms with Crippen molar-refractivity contribution in [2.45, 2.75) is 28.0 Å². The van der Waals surface area contributed by atoms with Crippen molar-refractivity contribution in [3.8, 4) is 0 Å². The van der Waals surface area contributed by atoms with E-state index in [1.807, 2.05) is 18.2 Å². The third-order valence-electron chi connectivity index (χ3n) is 4.72. The third-order valence-corrected chi connectivity index (χ3v) is 7.76. The number of carbonyl (C=O) groups excluding carboxylic acids is 1. The molecule has 1 N–H and O–H groups in total. The van der Waals surface area contributed by atoms with E-state index in [2.05, 4.69) is 5.32 Å². The monoisotopic (exact) mass is 447 g/mol. The fourth-order valence-electron chi connectivity index (χ4n) is 3.30. The molecule has 0 saturated carbocycles. The van der Waals surface area contributed by atoms with E-state index < -0.39 is 15.7 Å². The molecule has 1 aromatic heterocycles. The van der Waals surface area contributed by atoms with Crippen LogP contribution in [-0.2, 0) is 15.6 Å². The summed E-state index contributed by atoms with van der Waals surface area (Å²) in [4.78, 5) is 14.2. The van der Waals surface area contributed by atoms with Crippen molar-refractivity contribution >= 4 is 39.1 Å². The molecular weight excluding hydrogens is 430 g/mol. The number of rotatable bonds is 5. The summed E-state index contributed by atoms with van der Waals surface area (Å²) in [5, 5.41) is 3.58. The Bertz CT molecular complexity index is 1140. The van der Waals surface area contributed by atoms with Crippen LogP contribution in [0, 0.1) is 0 Å². The lowest BCUT2D eigenvalue weighted by atomic mass is 10.0. The average Bonchev–Trinajstić information content (AvgIpc) is 3.16. The van der Waals surface area contributed by atoms with Crippen LogP contribution < -0.4 is 5.32 Å². The minimum atomic E-state index is -3.59. The van der Waals surface area contributed by atoms with Gasteiger partial charge in [0.1, 0.15) is 0 Å². The van der Waals surface area contributed by atoms with E-state index in [4.69, 9.17) is 16.0 Å². The van der Waals surface area contributed by atoms with Gasteiger partial charge in [-0.1, -0.05) is 29.8 Å². The fraction of sp³-hybridized carbons (Fsp3) is 0.190. The number of hydrogen-bond acceptors (Lipinski definition) is 5. The largest absolute Gasteiger partial charge is 0.459 e. The molecule has 0 fully saturated rings. The minimum absolute atomic E-state index is 0.0197. The number of hydrogen-bond donors (Lipinski definition) is 1. The van der Waals surface area contributed by atoms with E-state index in [0.29, 0.717) is 10.6 Å². The number of fused-ring (bicyclic) bond motifs is 1. The molecule has 1 unspecified atom stereocenters. The molecule has 2 aromatic carbocycles. The first-order valence-electron chi connectivity index (χ1n) is 9.01. The Balaban J connectivity index is 1.55. The van der Waals surface area contributed by atoms with E-state index in [1.54, 1.807) is 30.0 Å². The van der Waals surface area contributed by atoms with Gasteiger partial charge in [0.2, 0.25) is 0 Å². The Morgan fingerprint density at radius 2 is 1.97 bits per heavy atom. The molecule has 1 atom stereocenters. The normalized spacial score (nSPS) is 16.2. The summed E-state index contributed by atoms with van der Waals surface area (Å²) in [7, 11) is -3.59. The lowest BCUT2D eigenvalue weighted by Gasteiger charge is -2.26. The van der Waals surface area contributed by atoms with Crippen molar-refractivity contribution in [3.63, 3.8) is 0 Å². The predicted octanol–water partition coefficient (Wildman–Crippen LogP) is 4.87. The molecule has 5 nitrogen and oxygen atoms in total. The summed E-state index contributed by atoms with van der Waals surface area (Å²) < 4.78 is 30.7. The van der Waals surface area contributed by atoms with Gasteiger partial charge < -0.3 is 9.73 Å². The van der Waals surface area contributed by atoms with Gasteiger partial charge in [0.15, 0.2) is 15.6 Å². The van der Waals surface area contributed by atoms with Crippen LogP contribution in [0.25, 0.3) is 0 Å². The summed E-state index contributed by atoms with van der Waals surface area (Å²) in [6.07, 6.45) is 2.09. The standard InChI is InChI=1S/C21H18ClNO4S2/c22-15-6-7-19-17(12-15)18(9-11-28-19)23-21(24)20-14(8-10-27-20)13-29(25,26)16-4-2-1-3-5-16/h1-8,10,12,18H,9,11,13H2,(H,23,24). The van der Waals surface area contributed by atoms with Gasteiger partial charge in [0.25, 0.3) is 5.91 Å². The Morgan fingerprint density at radius 3 is 2.76 bits per heavy atom. The van der Waals surface area contributed by atoms with Crippen LogP contribution >= 0.6 is 23.4 Å². The van der Waals surface area contributed by atoms with Crippen molar-refractivity contribution in [3.05, 3.63) is 82.8 Å². The number of amides is 1. The second kappa shape index (κ2) is 8.26. The Hall–Kier alpha value is -2.22. The lowest BCUT2D eigenvalue weighted by Crippen LogP contribution is -2.31. The maximum absolute atomic E-state index is 12.9. The minimum Gasteiger partial charge on any atom is -0.459 e. The molecule has 8 heteroatoms.